The number of rotatable bonds is 8. The van der Waals surface area contributed by atoms with E-state index in [1.807, 2.05) is 0 Å². The molecule has 7 heteroatoms. The molecule has 0 atom stereocenters. The Kier molecular flexibility index (Phi) is 34.6. The molecule has 6 aromatic rings. The summed E-state index contributed by atoms with van der Waals surface area (Å²) in [5, 5.41) is 2.61. The van der Waals surface area contributed by atoms with Crippen molar-refractivity contribution in [1.82, 2.24) is 0 Å². The van der Waals surface area contributed by atoms with Gasteiger partial charge in [0.05, 0.1) is 17.8 Å². The normalized spacial score (nSPS) is 15.1. The van der Waals surface area contributed by atoms with Crippen LogP contribution in [-0.4, -0.2) is 50.0 Å². The predicted octanol–water partition coefficient (Wildman–Crippen LogP) is 23.6. The zero-order chi connectivity index (χ0) is 63.3. The van der Waals surface area contributed by atoms with Gasteiger partial charge in [0.1, 0.15) is 0 Å². The Hall–Kier alpha value is -6.46. The van der Waals surface area contributed by atoms with Gasteiger partial charge in [-0.25, -0.2) is 0 Å². The van der Waals surface area contributed by atoms with E-state index in [4.69, 9.17) is 0 Å². The summed E-state index contributed by atoms with van der Waals surface area (Å²) in [6, 6.07) is 50.3. The molecule has 14 rings (SSSR count). The molecular weight excluding hydrogens is 1110 g/mol. The highest BCUT2D eigenvalue weighted by Crippen LogP contribution is 2.46. The average molecular weight is 1240 g/mol. The zero-order valence-electron chi connectivity index (χ0n) is 58.1. The lowest BCUT2D eigenvalue weighted by Gasteiger charge is -2.43. The summed E-state index contributed by atoms with van der Waals surface area (Å²) in [4.78, 5) is 8.04. The third-order valence-electron chi connectivity index (χ3n) is 17.6. The third kappa shape index (κ3) is 17.3. The van der Waals surface area contributed by atoms with Gasteiger partial charge in [-0.2, -0.15) is 5.01 Å². The molecule has 6 aromatic carbocycles. The summed E-state index contributed by atoms with van der Waals surface area (Å²) in [6.45, 7) is 41.6. The van der Waals surface area contributed by atoms with Gasteiger partial charge in [0, 0.05) is 83.3 Å². The van der Waals surface area contributed by atoms with Crippen molar-refractivity contribution in [3.8, 4) is 0 Å². The van der Waals surface area contributed by atoms with Crippen LogP contribution in [0, 0.1) is 0 Å². The molecule has 0 unspecified atom stereocenters. The Bertz CT molecular complexity index is 3120. The highest BCUT2D eigenvalue weighted by Gasteiger charge is 2.44. The monoisotopic (exact) mass is 1240 g/mol. The molecule has 5 heterocycles. The highest BCUT2D eigenvalue weighted by atomic mass is 15.6. The smallest absolute Gasteiger partial charge is 0.214 e. The van der Waals surface area contributed by atoms with Gasteiger partial charge in [-0.15, -0.1) is 4.68 Å². The summed E-state index contributed by atoms with van der Waals surface area (Å²) < 4.78 is 2.58. The number of anilines is 4. The molecule has 8 aliphatic rings. The Labute approximate surface area is 567 Å². The molecular formula is C85H130B2N5+. The number of hydrazone groups is 1. The van der Waals surface area contributed by atoms with Crippen molar-refractivity contribution in [3.63, 3.8) is 0 Å². The molecule has 0 radical (unpaired) electrons. The molecule has 0 spiro atoms. The van der Waals surface area contributed by atoms with Crippen molar-refractivity contribution in [2.75, 3.05) is 45.9 Å². The quantitative estimate of drug-likeness (QED) is 0.111. The number of allylic oxidation sites excluding steroid dienone is 4. The van der Waals surface area contributed by atoms with E-state index in [2.05, 4.69) is 269 Å². The molecule has 92 heavy (non-hydrogen) atoms. The molecule has 0 saturated carbocycles. The summed E-state index contributed by atoms with van der Waals surface area (Å²) in [5.74, 6) is 0. The van der Waals surface area contributed by atoms with Gasteiger partial charge in [-0.05, 0) is 119 Å². The van der Waals surface area contributed by atoms with Crippen LogP contribution in [0.1, 0.15) is 249 Å². The summed E-state index contributed by atoms with van der Waals surface area (Å²) in [5.41, 5.74) is 31.4. The van der Waals surface area contributed by atoms with Gasteiger partial charge >= 0.3 is 0 Å². The van der Waals surface area contributed by atoms with Crippen LogP contribution in [0.2, 0.25) is 25.3 Å². The molecule has 0 bridgehead atoms. The molecule has 500 valence electrons. The standard InChI is InChI=1S/C32H33BN2.C31H33BN3.6C3H8.4CH4/c1-3-22-20-24-10-5-7-12-26(24)31(22)34-18-16-33-17-19-35(29-15-9-14-28(34)30(29)33)32-23(4-2)21-25-11-6-8-13-27(25)32;1-3-24-25-12-7-5-10-22(25)20-30(24)33-18-16-32-17-19-34(29-15-9-14-28(33)31(29)32)35-21-23-11-6-8-13-26(23)27(35)4-2;6*1-3-2;;;;/h2*5-15H,3-4,16-21H2,1-2H3;6*3H2,1-2H3;4*1H4/q;+1;;;;;;;;;;. The fraction of sp³-hybridized carbons (Fsp3) is 0.494. The van der Waals surface area contributed by atoms with Crippen LogP contribution in [-0.2, 0) is 25.8 Å². The van der Waals surface area contributed by atoms with Crippen molar-refractivity contribution < 1.29 is 4.68 Å². The van der Waals surface area contributed by atoms with Crippen molar-refractivity contribution in [1.29, 1.82) is 0 Å². The fourth-order valence-corrected chi connectivity index (χ4v) is 14.4. The zero-order valence-corrected chi connectivity index (χ0v) is 58.1. The Morgan fingerprint density at radius 2 is 0.685 bits per heavy atom. The number of benzene rings is 6. The third-order valence-corrected chi connectivity index (χ3v) is 17.6. The molecule has 0 N–H and O–H groups in total. The predicted molar refractivity (Wildman–Crippen MR) is 422 cm³/mol. The topological polar surface area (TPSA) is 16.0 Å². The van der Waals surface area contributed by atoms with E-state index in [0.717, 1.165) is 77.7 Å². The first kappa shape index (κ1) is 79.8. The molecule has 0 aromatic heterocycles. The molecule has 5 nitrogen and oxygen atoms in total. The van der Waals surface area contributed by atoms with Crippen LogP contribution in [0.4, 0.5) is 22.7 Å². The molecule has 5 aliphatic heterocycles. The van der Waals surface area contributed by atoms with E-state index in [0.29, 0.717) is 13.4 Å². The second-order valence-electron chi connectivity index (χ2n) is 25.2. The first-order valence-corrected chi connectivity index (χ1v) is 35.5. The number of hydrogen-bond donors (Lipinski definition) is 0. The van der Waals surface area contributed by atoms with E-state index in [1.165, 1.54) is 154 Å². The van der Waals surface area contributed by atoms with Gasteiger partial charge in [0.25, 0.3) is 0 Å². The maximum absolute atomic E-state index is 2.68. The van der Waals surface area contributed by atoms with Crippen molar-refractivity contribution in [2.24, 2.45) is 0 Å². The number of hydrazine groups is 1. The average Bonchev–Trinajstić information content (AvgIpc) is 1.22. The Balaban J connectivity index is 0.000000370. The highest BCUT2D eigenvalue weighted by molar-refractivity contribution is 6.78. The van der Waals surface area contributed by atoms with Crippen molar-refractivity contribution >= 4 is 69.8 Å². The van der Waals surface area contributed by atoms with Crippen LogP contribution in [0.25, 0.3) is 17.0 Å². The van der Waals surface area contributed by atoms with Crippen LogP contribution in [0.3, 0.4) is 0 Å². The van der Waals surface area contributed by atoms with Gasteiger partial charge in [0.15, 0.2) is 20.0 Å². The van der Waals surface area contributed by atoms with Gasteiger partial charge in [-0.3, -0.25) is 0 Å². The maximum atomic E-state index is 2.68. The van der Waals surface area contributed by atoms with E-state index in [1.54, 1.807) is 27.6 Å². The minimum Gasteiger partial charge on any atom is -0.346 e. The second-order valence-corrected chi connectivity index (χ2v) is 25.2. The Morgan fingerprint density at radius 3 is 1.11 bits per heavy atom. The largest absolute Gasteiger partial charge is 0.346 e. The lowest BCUT2D eigenvalue weighted by molar-refractivity contribution is -0.552. The SMILES string of the molecule is C.C.C.C.CCC.CCC.CCC.CCC.CCC.CCC.CCC1=C(N2CCB3CCN(C4=C(CC)Cc5ccccc54)c4cccc2c43)c2ccccc2C1.CCC1=C(N2CCB3CCN([N+]4=C(CC)c5ccccc5C4)c4cccc2c43)Cc2ccccc21. The van der Waals surface area contributed by atoms with Crippen LogP contribution >= 0.6 is 0 Å². The molecule has 3 aliphatic carbocycles. The van der Waals surface area contributed by atoms with Crippen LogP contribution < -0.4 is 30.6 Å². The molecule has 0 saturated heterocycles. The second kappa shape index (κ2) is 39.9. The molecule has 0 amide bonds. The summed E-state index contributed by atoms with van der Waals surface area (Å²) in [7, 11) is 0. The first-order valence-electron chi connectivity index (χ1n) is 35.5. The van der Waals surface area contributed by atoms with Crippen molar-refractivity contribution in [3.05, 3.63) is 195 Å². The minimum absolute atomic E-state index is 0. The van der Waals surface area contributed by atoms with Gasteiger partial charge < -0.3 is 14.7 Å². The number of nitrogens with zero attached hydrogens (tertiary/aromatic N) is 5. The van der Waals surface area contributed by atoms with Crippen LogP contribution in [0.15, 0.2) is 150 Å². The first-order chi connectivity index (χ1) is 43.0. The lowest BCUT2D eigenvalue weighted by Crippen LogP contribution is -2.54. The van der Waals surface area contributed by atoms with E-state index in [-0.39, 0.29) is 29.7 Å². The Morgan fingerprint density at radius 1 is 0.337 bits per heavy atom. The van der Waals surface area contributed by atoms with Crippen molar-refractivity contribution in [2.45, 2.75) is 256 Å². The van der Waals surface area contributed by atoms with E-state index in [9.17, 15) is 0 Å². The van der Waals surface area contributed by atoms with Gasteiger partial charge in [-0.1, -0.05) is 301 Å². The maximum Gasteiger partial charge on any atom is 0.214 e. The minimum atomic E-state index is 0. The van der Waals surface area contributed by atoms with E-state index < -0.39 is 0 Å². The number of hydrogen-bond acceptors (Lipinski definition) is 4. The number of fused-ring (bicyclic) bond motifs is 4. The van der Waals surface area contributed by atoms with Crippen LogP contribution in [0.5, 0.6) is 0 Å². The summed E-state index contributed by atoms with van der Waals surface area (Å²) in [6.07, 6.45) is 20.1. The lowest BCUT2D eigenvalue weighted by atomic mass is 9.37. The molecule has 0 fully saturated rings. The summed E-state index contributed by atoms with van der Waals surface area (Å²) >= 11 is 0. The fourth-order valence-electron chi connectivity index (χ4n) is 14.4. The van der Waals surface area contributed by atoms with Gasteiger partial charge in [0.2, 0.25) is 5.71 Å². The van der Waals surface area contributed by atoms with E-state index >= 15 is 0 Å².